The molecule has 108 valence electrons. The third-order valence-corrected chi connectivity index (χ3v) is 4.13. The summed E-state index contributed by atoms with van der Waals surface area (Å²) in [6.45, 7) is 6.87. The van der Waals surface area contributed by atoms with E-state index in [0.717, 1.165) is 23.4 Å². The molecule has 0 spiro atoms. The molecule has 0 radical (unpaired) electrons. The van der Waals surface area contributed by atoms with E-state index < -0.39 is 0 Å². The first kappa shape index (κ1) is 15.2. The lowest BCUT2D eigenvalue weighted by Gasteiger charge is -2.10. The third-order valence-electron chi connectivity index (χ3n) is 3.41. The normalized spacial score (nSPS) is 12.4. The van der Waals surface area contributed by atoms with Crippen LogP contribution < -0.4 is 5.32 Å². The van der Waals surface area contributed by atoms with Gasteiger partial charge in [0.15, 0.2) is 0 Å². The monoisotopic (exact) mass is 311 g/mol. The third kappa shape index (κ3) is 3.47. The average Bonchev–Trinajstić information content (AvgIpc) is 2.89. The van der Waals surface area contributed by atoms with E-state index in [1.54, 1.807) is 0 Å². The zero-order valence-corrected chi connectivity index (χ0v) is 13.5. The first-order valence-corrected chi connectivity index (χ1v) is 7.50. The Morgan fingerprint density at radius 2 is 2.05 bits per heavy atom. The Labute approximate surface area is 129 Å². The molecule has 0 aliphatic heterocycles. The summed E-state index contributed by atoms with van der Waals surface area (Å²) >= 11 is 12.3. The number of aryl methyl sites for hydroxylation is 1. The van der Waals surface area contributed by atoms with E-state index in [2.05, 4.69) is 24.3 Å². The summed E-state index contributed by atoms with van der Waals surface area (Å²) in [4.78, 5) is 0. The molecular weight excluding hydrogens is 293 g/mol. The molecule has 0 fully saturated rings. The quantitative estimate of drug-likeness (QED) is 0.834. The SMILES string of the molecule is CCC(C)n1ccc(CNc2cc(Cl)c(C)cc2Cl)n1. The van der Waals surface area contributed by atoms with Crippen molar-refractivity contribution >= 4 is 28.9 Å². The number of aromatic nitrogens is 2. The molecule has 0 aliphatic carbocycles. The van der Waals surface area contributed by atoms with Crippen LogP contribution in [0.3, 0.4) is 0 Å². The lowest BCUT2D eigenvalue weighted by atomic mass is 10.2. The fraction of sp³-hybridized carbons (Fsp3) is 0.400. The summed E-state index contributed by atoms with van der Waals surface area (Å²) in [7, 11) is 0. The molecule has 1 heterocycles. The molecule has 20 heavy (non-hydrogen) atoms. The molecule has 5 heteroatoms. The summed E-state index contributed by atoms with van der Waals surface area (Å²) in [6, 6.07) is 6.15. The van der Waals surface area contributed by atoms with Crippen LogP contribution in [0.1, 0.15) is 37.6 Å². The molecule has 0 saturated heterocycles. The van der Waals surface area contributed by atoms with Gasteiger partial charge in [0.05, 0.1) is 22.9 Å². The van der Waals surface area contributed by atoms with E-state index in [1.165, 1.54) is 0 Å². The van der Waals surface area contributed by atoms with Gasteiger partial charge in [0.2, 0.25) is 0 Å². The van der Waals surface area contributed by atoms with Crippen molar-refractivity contribution in [1.82, 2.24) is 9.78 Å². The highest BCUT2D eigenvalue weighted by Crippen LogP contribution is 2.29. The Balaban J connectivity index is 2.05. The number of rotatable bonds is 5. The Bertz CT molecular complexity index is 593. The van der Waals surface area contributed by atoms with Gasteiger partial charge < -0.3 is 5.32 Å². The highest BCUT2D eigenvalue weighted by molar-refractivity contribution is 6.35. The molecule has 1 atom stereocenters. The van der Waals surface area contributed by atoms with E-state index in [1.807, 2.05) is 36.0 Å². The smallest absolute Gasteiger partial charge is 0.0815 e. The molecule has 1 N–H and O–H groups in total. The number of halogens is 2. The van der Waals surface area contributed by atoms with E-state index in [9.17, 15) is 0 Å². The van der Waals surface area contributed by atoms with E-state index >= 15 is 0 Å². The first-order valence-electron chi connectivity index (χ1n) is 6.74. The van der Waals surface area contributed by atoms with Crippen LogP contribution in [0.4, 0.5) is 5.69 Å². The summed E-state index contributed by atoms with van der Waals surface area (Å²) < 4.78 is 1.99. The Hall–Kier alpha value is -1.19. The van der Waals surface area contributed by atoms with Crippen molar-refractivity contribution in [1.29, 1.82) is 0 Å². The standard InChI is InChI=1S/C15H19Cl2N3/c1-4-11(3)20-6-5-12(19-20)9-18-15-8-13(16)10(2)7-14(15)17/h5-8,11,18H,4,9H2,1-3H3. The molecule has 0 saturated carbocycles. The highest BCUT2D eigenvalue weighted by Gasteiger charge is 2.07. The van der Waals surface area contributed by atoms with Crippen molar-refractivity contribution in [2.24, 2.45) is 0 Å². The molecule has 0 amide bonds. The fourth-order valence-corrected chi connectivity index (χ4v) is 2.32. The minimum Gasteiger partial charge on any atom is -0.378 e. The van der Waals surface area contributed by atoms with Gasteiger partial charge in [0, 0.05) is 17.3 Å². The van der Waals surface area contributed by atoms with Crippen LogP contribution in [0.25, 0.3) is 0 Å². The van der Waals surface area contributed by atoms with Gasteiger partial charge in [-0.05, 0) is 44.0 Å². The van der Waals surface area contributed by atoms with Crippen LogP contribution in [-0.2, 0) is 6.54 Å². The van der Waals surface area contributed by atoms with Crippen molar-refractivity contribution in [2.45, 2.75) is 39.8 Å². The maximum absolute atomic E-state index is 6.20. The zero-order valence-electron chi connectivity index (χ0n) is 12.0. The first-order chi connectivity index (χ1) is 9.51. The van der Waals surface area contributed by atoms with Crippen molar-refractivity contribution in [3.8, 4) is 0 Å². The zero-order chi connectivity index (χ0) is 14.7. The van der Waals surface area contributed by atoms with Crippen LogP contribution in [0.2, 0.25) is 10.0 Å². The minimum atomic E-state index is 0.418. The van der Waals surface area contributed by atoms with Gasteiger partial charge in [0.1, 0.15) is 0 Å². The number of benzene rings is 1. The van der Waals surface area contributed by atoms with E-state index in [4.69, 9.17) is 23.2 Å². The number of anilines is 1. The lowest BCUT2D eigenvalue weighted by Crippen LogP contribution is -2.06. The lowest BCUT2D eigenvalue weighted by molar-refractivity contribution is 0.474. The van der Waals surface area contributed by atoms with E-state index in [0.29, 0.717) is 22.6 Å². The Kier molecular flexibility index (Phi) is 4.95. The van der Waals surface area contributed by atoms with Crippen molar-refractivity contribution in [2.75, 3.05) is 5.32 Å². The molecule has 1 unspecified atom stereocenters. The number of hydrogen-bond acceptors (Lipinski definition) is 2. The second-order valence-corrected chi connectivity index (χ2v) is 5.79. The highest BCUT2D eigenvalue weighted by atomic mass is 35.5. The second-order valence-electron chi connectivity index (χ2n) is 4.98. The van der Waals surface area contributed by atoms with Crippen LogP contribution in [0.5, 0.6) is 0 Å². The largest absolute Gasteiger partial charge is 0.378 e. The maximum Gasteiger partial charge on any atom is 0.0815 e. The molecule has 1 aromatic carbocycles. The van der Waals surface area contributed by atoms with Gasteiger partial charge in [-0.25, -0.2) is 0 Å². The van der Waals surface area contributed by atoms with Crippen molar-refractivity contribution in [3.63, 3.8) is 0 Å². The van der Waals surface area contributed by atoms with Gasteiger partial charge in [-0.3, -0.25) is 4.68 Å². The van der Waals surface area contributed by atoms with Crippen molar-refractivity contribution < 1.29 is 0 Å². The summed E-state index contributed by atoms with van der Waals surface area (Å²) in [5.74, 6) is 0. The van der Waals surface area contributed by atoms with Gasteiger partial charge in [0.25, 0.3) is 0 Å². The van der Waals surface area contributed by atoms with Gasteiger partial charge >= 0.3 is 0 Å². The van der Waals surface area contributed by atoms with Crippen LogP contribution >= 0.6 is 23.2 Å². The van der Waals surface area contributed by atoms with Gasteiger partial charge in [-0.1, -0.05) is 30.1 Å². The van der Waals surface area contributed by atoms with Crippen LogP contribution in [0, 0.1) is 6.92 Å². The molecule has 0 aliphatic rings. The number of hydrogen-bond donors (Lipinski definition) is 1. The molecule has 3 nitrogen and oxygen atoms in total. The second kappa shape index (κ2) is 6.51. The van der Waals surface area contributed by atoms with Crippen molar-refractivity contribution in [3.05, 3.63) is 45.7 Å². The molecule has 0 bridgehead atoms. The average molecular weight is 312 g/mol. The summed E-state index contributed by atoms with van der Waals surface area (Å²) in [6.07, 6.45) is 3.07. The van der Waals surface area contributed by atoms with Gasteiger partial charge in [-0.2, -0.15) is 5.10 Å². The number of nitrogens with one attached hydrogen (secondary N) is 1. The molecule has 2 aromatic rings. The van der Waals surface area contributed by atoms with Crippen LogP contribution in [0.15, 0.2) is 24.4 Å². The molecular formula is C15H19Cl2N3. The Morgan fingerprint density at radius 1 is 1.30 bits per heavy atom. The summed E-state index contributed by atoms with van der Waals surface area (Å²) in [5.41, 5.74) is 2.79. The number of nitrogens with zero attached hydrogens (tertiary/aromatic N) is 2. The molecule has 2 rings (SSSR count). The molecule has 1 aromatic heterocycles. The predicted octanol–water partition coefficient (Wildman–Crippen LogP) is 5.08. The topological polar surface area (TPSA) is 29.9 Å². The predicted molar refractivity (Wildman–Crippen MR) is 85.8 cm³/mol. The maximum atomic E-state index is 6.20. The fourth-order valence-electron chi connectivity index (χ4n) is 1.87. The van der Waals surface area contributed by atoms with Gasteiger partial charge in [-0.15, -0.1) is 0 Å². The summed E-state index contributed by atoms with van der Waals surface area (Å²) in [5, 5.41) is 9.20. The van der Waals surface area contributed by atoms with E-state index in [-0.39, 0.29) is 0 Å². The van der Waals surface area contributed by atoms with Crippen LogP contribution in [-0.4, -0.2) is 9.78 Å². The Morgan fingerprint density at radius 3 is 2.75 bits per heavy atom. The minimum absolute atomic E-state index is 0.418.